The van der Waals surface area contributed by atoms with Gasteiger partial charge >= 0.3 is 6.18 Å². The van der Waals surface area contributed by atoms with E-state index in [9.17, 15) is 18.3 Å². The summed E-state index contributed by atoms with van der Waals surface area (Å²) >= 11 is 0. The Balaban J connectivity index is 2.56. The predicted molar refractivity (Wildman–Crippen MR) is 51.3 cm³/mol. The molecule has 90 valence electrons. The maximum absolute atomic E-state index is 12.6. The molecule has 2 unspecified atom stereocenters. The van der Waals surface area contributed by atoms with Gasteiger partial charge in [0.15, 0.2) is 5.60 Å². The van der Waals surface area contributed by atoms with Crippen molar-refractivity contribution in [2.45, 2.75) is 50.3 Å². The van der Waals surface area contributed by atoms with Crippen LogP contribution in [0.2, 0.25) is 0 Å². The third-order valence-electron chi connectivity index (χ3n) is 3.28. The zero-order valence-electron chi connectivity index (χ0n) is 8.69. The van der Waals surface area contributed by atoms with Crippen LogP contribution in [0.1, 0.15) is 38.5 Å². The van der Waals surface area contributed by atoms with Crippen LogP contribution < -0.4 is 5.73 Å². The molecule has 1 saturated carbocycles. The standard InChI is InChI=1S/C10H18F3NO/c11-10(12,13)9(15)6-3-5-8(9)4-1-2-7-14/h8,15H,1-7,14H2. The van der Waals surface area contributed by atoms with Gasteiger partial charge in [-0.15, -0.1) is 0 Å². The van der Waals surface area contributed by atoms with E-state index in [2.05, 4.69) is 0 Å². The van der Waals surface area contributed by atoms with Gasteiger partial charge in [-0.2, -0.15) is 13.2 Å². The van der Waals surface area contributed by atoms with E-state index in [4.69, 9.17) is 5.73 Å². The van der Waals surface area contributed by atoms with Gasteiger partial charge in [-0.05, 0) is 44.6 Å². The minimum absolute atomic E-state index is 0.149. The Bertz CT molecular complexity index is 207. The van der Waals surface area contributed by atoms with Crippen molar-refractivity contribution in [3.63, 3.8) is 0 Å². The first-order valence-corrected chi connectivity index (χ1v) is 5.41. The van der Waals surface area contributed by atoms with Gasteiger partial charge in [-0.25, -0.2) is 0 Å². The van der Waals surface area contributed by atoms with E-state index in [-0.39, 0.29) is 6.42 Å². The zero-order chi connectivity index (χ0) is 11.5. The molecule has 0 bridgehead atoms. The average Bonchev–Trinajstić information content (AvgIpc) is 2.49. The predicted octanol–water partition coefficient (Wildman–Crippen LogP) is 2.21. The van der Waals surface area contributed by atoms with Crippen LogP contribution >= 0.6 is 0 Å². The number of halogens is 3. The highest BCUT2D eigenvalue weighted by atomic mass is 19.4. The fourth-order valence-electron chi connectivity index (χ4n) is 2.35. The minimum Gasteiger partial charge on any atom is -0.380 e. The van der Waals surface area contributed by atoms with Crippen LogP contribution in [0, 0.1) is 5.92 Å². The van der Waals surface area contributed by atoms with E-state index in [0.29, 0.717) is 32.2 Å². The molecule has 0 aromatic carbocycles. The fraction of sp³-hybridized carbons (Fsp3) is 1.00. The van der Waals surface area contributed by atoms with Crippen LogP contribution in [0.4, 0.5) is 13.2 Å². The summed E-state index contributed by atoms with van der Waals surface area (Å²) in [6.07, 6.45) is -1.89. The van der Waals surface area contributed by atoms with Crippen LogP contribution in [0.25, 0.3) is 0 Å². The molecule has 1 fully saturated rings. The number of hydrogen-bond donors (Lipinski definition) is 2. The first kappa shape index (κ1) is 12.8. The Hall–Kier alpha value is -0.290. The van der Waals surface area contributed by atoms with Gasteiger partial charge in [-0.1, -0.05) is 6.42 Å². The van der Waals surface area contributed by atoms with Crippen molar-refractivity contribution in [2.75, 3.05) is 6.54 Å². The summed E-state index contributed by atoms with van der Waals surface area (Å²) in [7, 11) is 0. The Morgan fingerprint density at radius 1 is 1.33 bits per heavy atom. The maximum atomic E-state index is 12.6. The lowest BCUT2D eigenvalue weighted by Crippen LogP contribution is -2.48. The Labute approximate surface area is 87.6 Å². The summed E-state index contributed by atoms with van der Waals surface area (Å²) in [5.74, 6) is -0.635. The molecule has 3 N–H and O–H groups in total. The van der Waals surface area contributed by atoms with E-state index < -0.39 is 17.7 Å². The molecule has 0 radical (unpaired) electrons. The van der Waals surface area contributed by atoms with Crippen molar-refractivity contribution in [1.29, 1.82) is 0 Å². The molecule has 0 spiro atoms. The number of nitrogens with two attached hydrogens (primary N) is 1. The first-order valence-electron chi connectivity index (χ1n) is 5.41. The Kier molecular flexibility index (Phi) is 4.00. The van der Waals surface area contributed by atoms with Crippen LogP contribution in [0.5, 0.6) is 0 Å². The maximum Gasteiger partial charge on any atom is 0.417 e. The van der Waals surface area contributed by atoms with E-state index in [1.54, 1.807) is 0 Å². The molecule has 5 heteroatoms. The number of aliphatic hydroxyl groups is 1. The molecule has 2 nitrogen and oxygen atoms in total. The average molecular weight is 225 g/mol. The monoisotopic (exact) mass is 225 g/mol. The largest absolute Gasteiger partial charge is 0.417 e. The van der Waals surface area contributed by atoms with Gasteiger partial charge in [0.05, 0.1) is 0 Å². The molecule has 0 aromatic heterocycles. The molecule has 1 rings (SSSR count). The van der Waals surface area contributed by atoms with E-state index in [1.807, 2.05) is 0 Å². The molecule has 0 saturated heterocycles. The lowest BCUT2D eigenvalue weighted by molar-refractivity contribution is -0.273. The number of rotatable bonds is 4. The summed E-state index contributed by atoms with van der Waals surface area (Å²) in [4.78, 5) is 0. The first-order chi connectivity index (χ1) is 6.92. The Morgan fingerprint density at radius 2 is 2.00 bits per heavy atom. The third kappa shape index (κ3) is 2.64. The van der Waals surface area contributed by atoms with Gasteiger partial charge < -0.3 is 10.8 Å². The highest BCUT2D eigenvalue weighted by Gasteiger charge is 2.59. The summed E-state index contributed by atoms with van der Waals surface area (Å²) in [5, 5.41) is 9.63. The van der Waals surface area contributed by atoms with Crippen molar-refractivity contribution in [3.05, 3.63) is 0 Å². The van der Waals surface area contributed by atoms with Gasteiger partial charge in [0.2, 0.25) is 0 Å². The Morgan fingerprint density at radius 3 is 2.53 bits per heavy atom. The summed E-state index contributed by atoms with van der Waals surface area (Å²) < 4.78 is 37.9. The minimum atomic E-state index is -4.49. The van der Waals surface area contributed by atoms with Crippen LogP contribution in [-0.2, 0) is 0 Å². The van der Waals surface area contributed by atoms with Crippen LogP contribution in [0.15, 0.2) is 0 Å². The molecule has 0 amide bonds. The fourth-order valence-corrected chi connectivity index (χ4v) is 2.35. The molecular formula is C10H18F3NO. The molecule has 15 heavy (non-hydrogen) atoms. The smallest absolute Gasteiger partial charge is 0.380 e. The molecule has 0 heterocycles. The third-order valence-corrected chi connectivity index (χ3v) is 3.28. The van der Waals surface area contributed by atoms with Gasteiger partial charge in [0.1, 0.15) is 0 Å². The van der Waals surface area contributed by atoms with Crippen molar-refractivity contribution in [2.24, 2.45) is 11.7 Å². The second-order valence-corrected chi connectivity index (χ2v) is 4.30. The lowest BCUT2D eigenvalue weighted by atomic mass is 9.86. The normalized spacial score (nSPS) is 32.2. The second-order valence-electron chi connectivity index (χ2n) is 4.30. The van der Waals surface area contributed by atoms with Gasteiger partial charge in [0.25, 0.3) is 0 Å². The van der Waals surface area contributed by atoms with Gasteiger partial charge in [-0.3, -0.25) is 0 Å². The summed E-state index contributed by atoms with van der Waals surface area (Å²) in [5.41, 5.74) is 2.84. The SMILES string of the molecule is NCCCCC1CCCC1(O)C(F)(F)F. The second kappa shape index (κ2) is 4.70. The van der Waals surface area contributed by atoms with Crippen molar-refractivity contribution in [1.82, 2.24) is 0 Å². The molecule has 1 aliphatic rings. The lowest BCUT2D eigenvalue weighted by Gasteiger charge is -2.32. The molecule has 1 aliphatic carbocycles. The van der Waals surface area contributed by atoms with Crippen molar-refractivity contribution < 1.29 is 18.3 Å². The molecule has 2 atom stereocenters. The summed E-state index contributed by atoms with van der Waals surface area (Å²) in [6, 6.07) is 0. The van der Waals surface area contributed by atoms with Crippen LogP contribution in [-0.4, -0.2) is 23.4 Å². The summed E-state index contributed by atoms with van der Waals surface area (Å²) in [6.45, 7) is 0.497. The molecule has 0 aromatic rings. The van der Waals surface area contributed by atoms with Crippen molar-refractivity contribution in [3.8, 4) is 0 Å². The van der Waals surface area contributed by atoms with E-state index >= 15 is 0 Å². The van der Waals surface area contributed by atoms with Crippen molar-refractivity contribution >= 4 is 0 Å². The quantitative estimate of drug-likeness (QED) is 0.720. The van der Waals surface area contributed by atoms with Crippen LogP contribution in [0.3, 0.4) is 0 Å². The van der Waals surface area contributed by atoms with Gasteiger partial charge in [0, 0.05) is 0 Å². The zero-order valence-corrected chi connectivity index (χ0v) is 8.69. The number of unbranched alkanes of at least 4 members (excludes halogenated alkanes) is 1. The molecule has 0 aliphatic heterocycles. The highest BCUT2D eigenvalue weighted by molar-refractivity contribution is 4.97. The van der Waals surface area contributed by atoms with E-state index in [1.165, 1.54) is 0 Å². The molecular weight excluding hydrogens is 207 g/mol. The topological polar surface area (TPSA) is 46.2 Å². The van der Waals surface area contributed by atoms with E-state index in [0.717, 1.165) is 6.42 Å². The number of hydrogen-bond acceptors (Lipinski definition) is 2. The highest BCUT2D eigenvalue weighted by Crippen LogP contribution is 2.48. The number of alkyl halides is 3.